The molecule has 0 fully saturated rings. The van der Waals surface area contributed by atoms with Crippen LogP contribution in [0.5, 0.6) is 0 Å². The summed E-state index contributed by atoms with van der Waals surface area (Å²) in [5.41, 5.74) is 7.26. The summed E-state index contributed by atoms with van der Waals surface area (Å²) in [7, 11) is 0. The number of rotatable bonds is 10. The minimum Gasteiger partial charge on any atom is -0.481 e. The smallest absolute Gasteiger partial charge is 0.326 e. The van der Waals surface area contributed by atoms with E-state index in [1.165, 1.54) is 18.3 Å². The first-order chi connectivity index (χ1) is 15.8. The van der Waals surface area contributed by atoms with E-state index in [4.69, 9.17) is 15.9 Å². The van der Waals surface area contributed by atoms with Gasteiger partial charge in [-0.3, -0.25) is 14.9 Å². The molecule has 1 aromatic rings. The largest absolute Gasteiger partial charge is 0.481 e. The number of hydrogen-bond acceptors (Lipinski definition) is 10. The zero-order valence-corrected chi connectivity index (χ0v) is 17.4. The molecule has 13 nitrogen and oxygen atoms in total. The van der Waals surface area contributed by atoms with Gasteiger partial charge in [-0.2, -0.15) is 0 Å². The molecule has 0 saturated heterocycles. The number of hydrogen-bond donors (Lipinski definition) is 8. The van der Waals surface area contributed by atoms with Gasteiger partial charge in [-0.05, 0) is 30.7 Å². The SMILES string of the molecule is N[C@@H]1C=NC2=C(N1)[C@@H](C=O)N[C@H](CNc1ccc(C(=O)NC(CCC(=O)O)C(=O)O)cc1)N2. The number of benzene rings is 1. The fraction of sp³-hybridized carbons (Fsp3) is 0.350. The van der Waals surface area contributed by atoms with Crippen LogP contribution in [0, 0.1) is 0 Å². The Balaban J connectivity index is 1.55. The Hall–Kier alpha value is -3.97. The van der Waals surface area contributed by atoms with Crippen LogP contribution in [0.1, 0.15) is 23.2 Å². The van der Waals surface area contributed by atoms with Gasteiger partial charge < -0.3 is 42.0 Å². The number of carboxylic acids is 2. The summed E-state index contributed by atoms with van der Waals surface area (Å²) >= 11 is 0. The van der Waals surface area contributed by atoms with Gasteiger partial charge in [0.1, 0.15) is 30.4 Å². The molecule has 2 heterocycles. The van der Waals surface area contributed by atoms with E-state index in [-0.39, 0.29) is 24.6 Å². The summed E-state index contributed by atoms with van der Waals surface area (Å²) in [6.07, 6.45) is 0.912. The van der Waals surface area contributed by atoms with Crippen molar-refractivity contribution in [2.24, 2.45) is 10.7 Å². The maximum absolute atomic E-state index is 12.3. The van der Waals surface area contributed by atoms with E-state index in [0.717, 1.165) is 6.29 Å². The highest BCUT2D eigenvalue weighted by Crippen LogP contribution is 2.15. The average Bonchev–Trinajstić information content (AvgIpc) is 2.79. The van der Waals surface area contributed by atoms with E-state index in [9.17, 15) is 19.2 Å². The van der Waals surface area contributed by atoms with Gasteiger partial charge in [0.15, 0.2) is 0 Å². The van der Waals surface area contributed by atoms with E-state index >= 15 is 0 Å². The monoisotopic (exact) mass is 459 g/mol. The van der Waals surface area contributed by atoms with E-state index in [1.54, 1.807) is 12.1 Å². The summed E-state index contributed by atoms with van der Waals surface area (Å²) in [4.78, 5) is 49.9. The van der Waals surface area contributed by atoms with Crippen molar-refractivity contribution in [3.8, 4) is 0 Å². The summed E-state index contributed by atoms with van der Waals surface area (Å²) in [6.45, 7) is 0.379. The number of carbonyl (C=O) groups excluding carboxylic acids is 2. The predicted molar refractivity (Wildman–Crippen MR) is 117 cm³/mol. The zero-order chi connectivity index (χ0) is 24.0. The standard InChI is InChI=1S/C20H25N7O6/c21-14-7-23-18-17(26-14)13(9-28)24-15(27-18)8-22-11-3-1-10(2-4-11)19(31)25-12(20(32)33)5-6-16(29)30/h1-4,7,9,12-15,22,24,26-27H,5-6,8,21H2,(H,25,31)(H,29,30)(H,32,33)/t12?,13-,14+,15+/m1/s1. The first-order valence-corrected chi connectivity index (χ1v) is 10.1. The van der Waals surface area contributed by atoms with Crippen molar-refractivity contribution >= 4 is 36.0 Å². The molecule has 0 saturated carbocycles. The predicted octanol–water partition coefficient (Wildman–Crippen LogP) is -1.64. The van der Waals surface area contributed by atoms with Crippen LogP contribution in [0.3, 0.4) is 0 Å². The number of aliphatic carboxylic acids is 2. The third-order valence-electron chi connectivity index (χ3n) is 4.99. The number of anilines is 1. The van der Waals surface area contributed by atoms with Crippen molar-refractivity contribution in [3.63, 3.8) is 0 Å². The highest BCUT2D eigenvalue weighted by atomic mass is 16.4. The molecule has 0 aliphatic carbocycles. The molecule has 1 unspecified atom stereocenters. The molecular formula is C20H25N7O6. The number of carboxylic acid groups (broad SMARTS) is 2. The molecule has 1 aromatic carbocycles. The van der Waals surface area contributed by atoms with Gasteiger partial charge in [-0.1, -0.05) is 0 Å². The van der Waals surface area contributed by atoms with Gasteiger partial charge in [-0.25, -0.2) is 9.79 Å². The van der Waals surface area contributed by atoms with Crippen molar-refractivity contribution in [1.29, 1.82) is 0 Å². The van der Waals surface area contributed by atoms with Crippen LogP contribution < -0.4 is 32.3 Å². The maximum atomic E-state index is 12.3. The summed E-state index contributed by atoms with van der Waals surface area (Å²) in [5, 5.41) is 32.6. The Bertz CT molecular complexity index is 978. The fourth-order valence-electron chi connectivity index (χ4n) is 3.31. The lowest BCUT2D eigenvalue weighted by atomic mass is 10.1. The Morgan fingerprint density at radius 1 is 1.18 bits per heavy atom. The number of aldehydes is 1. The Morgan fingerprint density at radius 2 is 1.91 bits per heavy atom. The molecule has 13 heteroatoms. The molecule has 9 N–H and O–H groups in total. The first kappa shape index (κ1) is 23.7. The average molecular weight is 459 g/mol. The maximum Gasteiger partial charge on any atom is 0.326 e. The molecule has 3 rings (SSSR count). The third kappa shape index (κ3) is 6.27. The van der Waals surface area contributed by atoms with Gasteiger partial charge in [0.05, 0.1) is 11.9 Å². The quantitative estimate of drug-likeness (QED) is 0.186. The second kappa shape index (κ2) is 10.6. The lowest BCUT2D eigenvalue weighted by Crippen LogP contribution is -2.60. The Labute approximate surface area is 188 Å². The van der Waals surface area contributed by atoms with Crippen LogP contribution in [0.15, 0.2) is 40.8 Å². The number of nitrogens with zero attached hydrogens (tertiary/aromatic N) is 1. The molecule has 4 atom stereocenters. The Morgan fingerprint density at radius 3 is 2.55 bits per heavy atom. The number of amides is 1. The zero-order valence-electron chi connectivity index (χ0n) is 17.4. The minimum atomic E-state index is -1.30. The van der Waals surface area contributed by atoms with Crippen molar-refractivity contribution in [1.82, 2.24) is 21.3 Å². The molecule has 2 aliphatic heterocycles. The molecule has 33 heavy (non-hydrogen) atoms. The Kier molecular flexibility index (Phi) is 7.58. The molecule has 0 radical (unpaired) electrons. The van der Waals surface area contributed by atoms with E-state index in [1.807, 2.05) is 0 Å². The van der Waals surface area contributed by atoms with Crippen molar-refractivity contribution in [2.75, 3.05) is 11.9 Å². The summed E-state index contributed by atoms with van der Waals surface area (Å²) < 4.78 is 0. The molecule has 0 spiro atoms. The van der Waals surface area contributed by atoms with Crippen LogP contribution >= 0.6 is 0 Å². The van der Waals surface area contributed by atoms with Crippen molar-refractivity contribution in [2.45, 2.75) is 37.3 Å². The van der Waals surface area contributed by atoms with Crippen LogP contribution in [0.2, 0.25) is 0 Å². The van der Waals surface area contributed by atoms with Crippen LogP contribution in [0.4, 0.5) is 5.69 Å². The van der Waals surface area contributed by atoms with E-state index in [2.05, 4.69) is 31.6 Å². The van der Waals surface area contributed by atoms with Crippen molar-refractivity contribution in [3.05, 3.63) is 41.3 Å². The minimum absolute atomic E-state index is 0.219. The molecule has 0 aromatic heterocycles. The van der Waals surface area contributed by atoms with Gasteiger partial charge >= 0.3 is 11.9 Å². The number of aliphatic imine (C=N–C) groups is 1. The molecule has 0 bridgehead atoms. The first-order valence-electron chi connectivity index (χ1n) is 10.1. The highest BCUT2D eigenvalue weighted by molar-refractivity contribution is 5.96. The second-order valence-electron chi connectivity index (χ2n) is 7.44. The van der Waals surface area contributed by atoms with Gasteiger partial charge in [0.25, 0.3) is 5.91 Å². The highest BCUT2D eigenvalue weighted by Gasteiger charge is 2.30. The number of nitrogens with one attached hydrogen (secondary N) is 5. The lowest BCUT2D eigenvalue weighted by Gasteiger charge is -2.35. The summed E-state index contributed by atoms with van der Waals surface area (Å²) in [6, 6.07) is 4.43. The molecule has 176 valence electrons. The molecular weight excluding hydrogens is 434 g/mol. The summed E-state index contributed by atoms with van der Waals surface area (Å²) in [5.74, 6) is -2.54. The number of carbonyl (C=O) groups is 4. The van der Waals surface area contributed by atoms with E-state index < -0.39 is 36.1 Å². The normalized spacial score (nSPS) is 22.3. The van der Waals surface area contributed by atoms with Gasteiger partial charge in [-0.15, -0.1) is 0 Å². The third-order valence-corrected chi connectivity index (χ3v) is 4.99. The fourth-order valence-corrected chi connectivity index (χ4v) is 3.31. The van der Waals surface area contributed by atoms with Crippen LogP contribution in [0.25, 0.3) is 0 Å². The van der Waals surface area contributed by atoms with Gasteiger partial charge in [0.2, 0.25) is 0 Å². The second-order valence-corrected chi connectivity index (χ2v) is 7.44. The number of nitrogens with two attached hydrogens (primary N) is 1. The topological polar surface area (TPSA) is 207 Å². The molecule has 2 aliphatic rings. The van der Waals surface area contributed by atoms with Crippen LogP contribution in [-0.2, 0) is 14.4 Å². The van der Waals surface area contributed by atoms with Crippen molar-refractivity contribution < 1.29 is 29.4 Å². The van der Waals surface area contributed by atoms with Crippen LogP contribution in [-0.4, -0.2) is 71.5 Å². The van der Waals surface area contributed by atoms with E-state index in [0.29, 0.717) is 23.8 Å². The van der Waals surface area contributed by atoms with Gasteiger partial charge in [0, 0.05) is 30.4 Å². The molecule has 1 amide bonds. The lowest BCUT2D eigenvalue weighted by molar-refractivity contribution is -0.140.